The molecule has 1 heterocycles. The van der Waals surface area contributed by atoms with Crippen molar-refractivity contribution in [1.82, 2.24) is 14.8 Å². The molecule has 114 valence electrons. The zero-order valence-electron chi connectivity index (χ0n) is 12.3. The van der Waals surface area contributed by atoms with Crippen molar-refractivity contribution in [1.29, 1.82) is 0 Å². The lowest BCUT2D eigenvalue weighted by atomic mass is 10.1. The molecule has 0 aromatic carbocycles. The third-order valence-corrected chi connectivity index (χ3v) is 3.31. The zero-order chi connectivity index (χ0) is 15.0. The van der Waals surface area contributed by atoms with Gasteiger partial charge in [-0.3, -0.25) is 5.10 Å². The van der Waals surface area contributed by atoms with E-state index >= 15 is 0 Å². The molecule has 5 nitrogen and oxygen atoms in total. The molecule has 0 aliphatic heterocycles. The largest absolute Gasteiger partial charge is 0.391 e. The van der Waals surface area contributed by atoms with E-state index in [0.29, 0.717) is 43.3 Å². The smallest absolute Gasteiger partial charge is 0.195 e. The summed E-state index contributed by atoms with van der Waals surface area (Å²) < 4.78 is 7.93. The number of aromatic amines is 1. The van der Waals surface area contributed by atoms with Gasteiger partial charge in [-0.15, -0.1) is 6.58 Å². The van der Waals surface area contributed by atoms with Crippen molar-refractivity contribution in [3.8, 4) is 0 Å². The van der Waals surface area contributed by atoms with Crippen molar-refractivity contribution < 1.29 is 9.84 Å². The van der Waals surface area contributed by atoms with Crippen LogP contribution in [0.3, 0.4) is 0 Å². The van der Waals surface area contributed by atoms with Crippen LogP contribution in [0.1, 0.15) is 32.5 Å². The minimum absolute atomic E-state index is 0.374. The summed E-state index contributed by atoms with van der Waals surface area (Å²) in [7, 11) is 0. The molecule has 20 heavy (non-hydrogen) atoms. The standard InChI is InChI=1S/C14H25N3O2S/c1-4-8-17-13(15-16-14(17)20)6-5-12(18)10-19-9-7-11(2)3/h4,11-12,18H,1,5-10H2,2-3H3,(H,16,20)/t12-/m0/s1. The van der Waals surface area contributed by atoms with E-state index in [-0.39, 0.29) is 0 Å². The summed E-state index contributed by atoms with van der Waals surface area (Å²) in [5.41, 5.74) is 0. The SMILES string of the molecule is C=CCn1c(CC[C@H](O)COCCC(C)C)n[nH]c1=S. The second-order valence-electron chi connectivity index (χ2n) is 5.29. The predicted molar refractivity (Wildman–Crippen MR) is 82.2 cm³/mol. The van der Waals surface area contributed by atoms with Gasteiger partial charge in [-0.1, -0.05) is 19.9 Å². The number of hydrogen-bond acceptors (Lipinski definition) is 4. The van der Waals surface area contributed by atoms with Crippen LogP contribution in [0.4, 0.5) is 0 Å². The Morgan fingerprint density at radius 3 is 2.90 bits per heavy atom. The van der Waals surface area contributed by atoms with Gasteiger partial charge in [0.05, 0.1) is 12.7 Å². The molecule has 0 bridgehead atoms. The summed E-state index contributed by atoms with van der Waals surface area (Å²) >= 11 is 5.14. The summed E-state index contributed by atoms with van der Waals surface area (Å²) in [6.45, 7) is 9.71. The zero-order valence-corrected chi connectivity index (χ0v) is 13.2. The topological polar surface area (TPSA) is 63.1 Å². The van der Waals surface area contributed by atoms with E-state index < -0.39 is 6.10 Å². The van der Waals surface area contributed by atoms with Crippen LogP contribution in [0.5, 0.6) is 0 Å². The molecular formula is C14H25N3O2S. The second-order valence-corrected chi connectivity index (χ2v) is 5.68. The lowest BCUT2D eigenvalue weighted by Crippen LogP contribution is -2.18. The molecule has 0 spiro atoms. The highest BCUT2D eigenvalue weighted by atomic mass is 32.1. The number of aromatic nitrogens is 3. The minimum atomic E-state index is -0.468. The van der Waals surface area contributed by atoms with E-state index in [4.69, 9.17) is 17.0 Å². The number of aliphatic hydroxyl groups excluding tert-OH is 1. The van der Waals surface area contributed by atoms with Crippen LogP contribution in [0.2, 0.25) is 0 Å². The van der Waals surface area contributed by atoms with Gasteiger partial charge in [0.1, 0.15) is 5.82 Å². The summed E-state index contributed by atoms with van der Waals surface area (Å²) in [6, 6.07) is 0. The maximum absolute atomic E-state index is 9.88. The third-order valence-electron chi connectivity index (χ3n) is 3.00. The van der Waals surface area contributed by atoms with Gasteiger partial charge < -0.3 is 14.4 Å². The molecule has 0 unspecified atom stereocenters. The van der Waals surface area contributed by atoms with Crippen LogP contribution in [0.15, 0.2) is 12.7 Å². The van der Waals surface area contributed by atoms with E-state index in [1.807, 2.05) is 4.57 Å². The van der Waals surface area contributed by atoms with Crippen molar-refractivity contribution in [2.75, 3.05) is 13.2 Å². The first-order chi connectivity index (χ1) is 9.54. The van der Waals surface area contributed by atoms with Crippen molar-refractivity contribution in [3.63, 3.8) is 0 Å². The molecule has 1 rings (SSSR count). The number of hydrogen-bond donors (Lipinski definition) is 2. The summed E-state index contributed by atoms with van der Waals surface area (Å²) in [6.07, 6.45) is 3.60. The first-order valence-electron chi connectivity index (χ1n) is 7.05. The molecule has 2 N–H and O–H groups in total. The lowest BCUT2D eigenvalue weighted by molar-refractivity contribution is 0.0285. The van der Waals surface area contributed by atoms with Crippen molar-refractivity contribution in [2.24, 2.45) is 5.92 Å². The Morgan fingerprint density at radius 1 is 1.50 bits per heavy atom. The van der Waals surface area contributed by atoms with Gasteiger partial charge >= 0.3 is 0 Å². The normalized spacial score (nSPS) is 12.8. The molecule has 1 aromatic heterocycles. The van der Waals surface area contributed by atoms with Crippen LogP contribution in [0, 0.1) is 10.7 Å². The second kappa shape index (κ2) is 9.05. The van der Waals surface area contributed by atoms with Gasteiger partial charge in [0.2, 0.25) is 0 Å². The maximum atomic E-state index is 9.88. The first kappa shape index (κ1) is 17.1. The van der Waals surface area contributed by atoms with Gasteiger partial charge in [0.25, 0.3) is 0 Å². The number of ether oxygens (including phenoxy) is 1. The van der Waals surface area contributed by atoms with Gasteiger partial charge in [0, 0.05) is 19.6 Å². The minimum Gasteiger partial charge on any atom is -0.391 e. The van der Waals surface area contributed by atoms with Crippen LogP contribution >= 0.6 is 12.2 Å². The van der Waals surface area contributed by atoms with Gasteiger partial charge in [-0.25, -0.2) is 0 Å². The molecule has 0 fully saturated rings. The highest BCUT2D eigenvalue weighted by Gasteiger charge is 2.09. The Morgan fingerprint density at radius 2 is 2.25 bits per heavy atom. The Labute approximate surface area is 125 Å². The first-order valence-corrected chi connectivity index (χ1v) is 7.46. The number of aliphatic hydroxyl groups is 1. The van der Waals surface area contributed by atoms with Crippen molar-refractivity contribution in [2.45, 2.75) is 45.8 Å². The number of allylic oxidation sites excluding steroid dienone is 1. The fourth-order valence-corrected chi connectivity index (χ4v) is 2.00. The van der Waals surface area contributed by atoms with Crippen molar-refractivity contribution >= 4 is 12.2 Å². The number of H-pyrrole nitrogens is 1. The molecule has 0 saturated heterocycles. The summed E-state index contributed by atoms with van der Waals surface area (Å²) in [5.74, 6) is 1.47. The maximum Gasteiger partial charge on any atom is 0.195 e. The van der Waals surface area contributed by atoms with Crippen LogP contribution in [0.25, 0.3) is 0 Å². The molecule has 0 amide bonds. The number of aryl methyl sites for hydroxylation is 1. The average Bonchev–Trinajstić information content (AvgIpc) is 2.74. The van der Waals surface area contributed by atoms with E-state index in [2.05, 4.69) is 30.6 Å². The molecular weight excluding hydrogens is 274 g/mol. The molecule has 1 atom stereocenters. The van der Waals surface area contributed by atoms with E-state index in [1.54, 1.807) is 6.08 Å². The van der Waals surface area contributed by atoms with Crippen LogP contribution < -0.4 is 0 Å². The van der Waals surface area contributed by atoms with Gasteiger partial charge in [0.15, 0.2) is 4.77 Å². The molecule has 0 aliphatic rings. The fourth-order valence-electron chi connectivity index (χ4n) is 1.78. The lowest BCUT2D eigenvalue weighted by Gasteiger charge is -2.12. The van der Waals surface area contributed by atoms with Gasteiger partial charge in [-0.05, 0) is 31.0 Å². The summed E-state index contributed by atoms with van der Waals surface area (Å²) in [4.78, 5) is 0. The highest BCUT2D eigenvalue weighted by molar-refractivity contribution is 7.71. The third kappa shape index (κ3) is 5.98. The van der Waals surface area contributed by atoms with Gasteiger partial charge in [-0.2, -0.15) is 5.10 Å². The number of rotatable bonds is 10. The van der Waals surface area contributed by atoms with E-state index in [0.717, 1.165) is 12.2 Å². The Hall–Kier alpha value is -0.980. The highest BCUT2D eigenvalue weighted by Crippen LogP contribution is 2.06. The monoisotopic (exact) mass is 299 g/mol. The Bertz CT molecular complexity index is 454. The molecule has 6 heteroatoms. The molecule has 0 saturated carbocycles. The fraction of sp³-hybridized carbons (Fsp3) is 0.714. The van der Waals surface area contributed by atoms with Crippen LogP contribution in [-0.4, -0.2) is 39.2 Å². The molecule has 0 radical (unpaired) electrons. The number of nitrogens with one attached hydrogen (secondary N) is 1. The Balaban J connectivity index is 2.32. The van der Waals surface area contributed by atoms with E-state index in [1.165, 1.54) is 0 Å². The van der Waals surface area contributed by atoms with E-state index in [9.17, 15) is 5.11 Å². The number of nitrogens with zero attached hydrogens (tertiary/aromatic N) is 2. The predicted octanol–water partition coefficient (Wildman–Crippen LogP) is 2.48. The van der Waals surface area contributed by atoms with Crippen molar-refractivity contribution in [3.05, 3.63) is 23.3 Å². The molecule has 1 aromatic rings. The Kier molecular flexibility index (Phi) is 7.72. The average molecular weight is 299 g/mol. The quantitative estimate of drug-likeness (QED) is 0.396. The summed E-state index contributed by atoms with van der Waals surface area (Å²) in [5, 5.41) is 16.8. The molecule has 0 aliphatic carbocycles. The van der Waals surface area contributed by atoms with Crippen LogP contribution in [-0.2, 0) is 17.7 Å².